The van der Waals surface area contributed by atoms with Gasteiger partial charge in [-0.3, -0.25) is 4.79 Å². The number of rotatable bonds is 5. The molecule has 4 nitrogen and oxygen atoms in total. The maximum absolute atomic E-state index is 11.8. The number of aryl methyl sites for hydroxylation is 1. The van der Waals surface area contributed by atoms with Gasteiger partial charge in [0.15, 0.2) is 0 Å². The van der Waals surface area contributed by atoms with Crippen molar-refractivity contribution in [3.05, 3.63) is 65.2 Å². The second-order valence-electron chi connectivity index (χ2n) is 4.67. The van der Waals surface area contributed by atoms with Gasteiger partial charge < -0.3 is 4.74 Å². The van der Waals surface area contributed by atoms with Crippen LogP contribution < -0.4 is 10.2 Å². The average Bonchev–Trinajstić information content (AvgIpc) is 2.50. The van der Waals surface area contributed by atoms with Gasteiger partial charge in [0.05, 0.1) is 19.7 Å². The predicted molar refractivity (Wildman–Crippen MR) is 83.6 cm³/mol. The summed E-state index contributed by atoms with van der Waals surface area (Å²) in [5.74, 6) is 0.627. The highest BCUT2D eigenvalue weighted by molar-refractivity contribution is 5.84. The molecule has 0 aromatic heterocycles. The van der Waals surface area contributed by atoms with E-state index in [1.54, 1.807) is 13.3 Å². The van der Waals surface area contributed by atoms with Crippen molar-refractivity contribution in [2.75, 3.05) is 7.11 Å². The lowest BCUT2D eigenvalue weighted by Crippen LogP contribution is -2.19. The van der Waals surface area contributed by atoms with E-state index in [1.165, 1.54) is 0 Å². The summed E-state index contributed by atoms with van der Waals surface area (Å²) in [7, 11) is 1.61. The zero-order valence-corrected chi connectivity index (χ0v) is 12.2. The highest BCUT2D eigenvalue weighted by atomic mass is 16.5. The predicted octanol–water partition coefficient (Wildman–Crippen LogP) is 2.70. The number of carbonyl (C=O) groups is 1. The summed E-state index contributed by atoms with van der Waals surface area (Å²) in [6.45, 7) is 2.00. The number of hydrogen-bond acceptors (Lipinski definition) is 3. The molecule has 0 spiro atoms. The zero-order chi connectivity index (χ0) is 15.1. The number of methoxy groups -OCH3 is 1. The summed E-state index contributed by atoms with van der Waals surface area (Å²) in [6.07, 6.45) is 1.94. The Morgan fingerprint density at radius 2 is 1.90 bits per heavy atom. The Morgan fingerprint density at radius 3 is 2.57 bits per heavy atom. The topological polar surface area (TPSA) is 50.7 Å². The van der Waals surface area contributed by atoms with Crippen LogP contribution in [0.5, 0.6) is 5.75 Å². The molecule has 1 N–H and O–H groups in total. The Kier molecular flexibility index (Phi) is 5.10. The maximum atomic E-state index is 11.8. The molecule has 0 aliphatic rings. The van der Waals surface area contributed by atoms with Gasteiger partial charge in [-0.05, 0) is 35.7 Å². The molecular formula is C17H18N2O2. The van der Waals surface area contributed by atoms with E-state index in [-0.39, 0.29) is 12.3 Å². The van der Waals surface area contributed by atoms with Crippen LogP contribution in [-0.4, -0.2) is 19.2 Å². The molecule has 0 radical (unpaired) electrons. The number of benzene rings is 2. The van der Waals surface area contributed by atoms with Gasteiger partial charge in [0, 0.05) is 0 Å². The molecule has 0 aliphatic carbocycles. The largest absolute Gasteiger partial charge is 0.497 e. The molecule has 2 aromatic rings. The van der Waals surface area contributed by atoms with Crippen molar-refractivity contribution in [1.82, 2.24) is 5.43 Å². The summed E-state index contributed by atoms with van der Waals surface area (Å²) < 4.78 is 5.08. The number of amides is 1. The molecule has 0 bridgehead atoms. The molecule has 0 fully saturated rings. The monoisotopic (exact) mass is 282 g/mol. The van der Waals surface area contributed by atoms with Crippen LogP contribution in [0.3, 0.4) is 0 Å². The summed E-state index contributed by atoms with van der Waals surface area (Å²) in [4.78, 5) is 11.8. The van der Waals surface area contributed by atoms with Crippen LogP contribution in [0.2, 0.25) is 0 Å². The van der Waals surface area contributed by atoms with Crippen molar-refractivity contribution >= 4 is 12.1 Å². The van der Waals surface area contributed by atoms with Crippen LogP contribution in [0.25, 0.3) is 0 Å². The van der Waals surface area contributed by atoms with Crippen molar-refractivity contribution in [3.8, 4) is 5.75 Å². The van der Waals surface area contributed by atoms with E-state index in [4.69, 9.17) is 4.74 Å². The third-order valence-electron chi connectivity index (χ3n) is 3.11. The summed E-state index contributed by atoms with van der Waals surface area (Å²) in [5.41, 5.74) is 5.56. The first-order valence-electron chi connectivity index (χ1n) is 6.69. The molecule has 0 atom stereocenters. The minimum atomic E-state index is -0.148. The van der Waals surface area contributed by atoms with E-state index >= 15 is 0 Å². The number of hydrogen-bond donors (Lipinski definition) is 1. The first kappa shape index (κ1) is 14.8. The summed E-state index contributed by atoms with van der Waals surface area (Å²) in [5, 5.41) is 3.98. The van der Waals surface area contributed by atoms with Crippen LogP contribution in [0.15, 0.2) is 53.6 Å². The highest BCUT2D eigenvalue weighted by Crippen LogP contribution is 2.11. The van der Waals surface area contributed by atoms with Gasteiger partial charge in [-0.25, -0.2) is 5.43 Å². The van der Waals surface area contributed by atoms with Gasteiger partial charge in [-0.1, -0.05) is 36.4 Å². The van der Waals surface area contributed by atoms with Gasteiger partial charge in [-0.2, -0.15) is 5.10 Å². The van der Waals surface area contributed by atoms with Crippen molar-refractivity contribution in [2.45, 2.75) is 13.3 Å². The van der Waals surface area contributed by atoms with Crippen LogP contribution in [-0.2, 0) is 11.2 Å². The van der Waals surface area contributed by atoms with Crippen molar-refractivity contribution in [1.29, 1.82) is 0 Å². The smallest absolute Gasteiger partial charge is 0.244 e. The first-order chi connectivity index (χ1) is 10.2. The van der Waals surface area contributed by atoms with Gasteiger partial charge >= 0.3 is 0 Å². The standard InChI is InChI=1S/C17H18N2O2/c1-13-5-3-4-6-15(13)12-18-19-17(20)11-14-7-9-16(21-2)10-8-14/h3-10,12H,11H2,1-2H3,(H,19,20)/b18-12-. The Morgan fingerprint density at radius 1 is 1.19 bits per heavy atom. The third-order valence-corrected chi connectivity index (χ3v) is 3.11. The minimum Gasteiger partial charge on any atom is -0.497 e. The molecule has 2 aromatic carbocycles. The molecule has 2 rings (SSSR count). The van der Waals surface area contributed by atoms with Gasteiger partial charge in [0.1, 0.15) is 5.75 Å². The van der Waals surface area contributed by atoms with E-state index in [2.05, 4.69) is 10.5 Å². The lowest BCUT2D eigenvalue weighted by molar-refractivity contribution is -0.120. The summed E-state index contributed by atoms with van der Waals surface area (Å²) >= 11 is 0. The Hall–Kier alpha value is -2.62. The van der Waals surface area contributed by atoms with Gasteiger partial charge in [0.2, 0.25) is 5.91 Å². The maximum Gasteiger partial charge on any atom is 0.244 e. The number of carbonyl (C=O) groups excluding carboxylic acids is 1. The van der Waals surface area contributed by atoms with E-state index in [1.807, 2.05) is 55.5 Å². The fourth-order valence-corrected chi connectivity index (χ4v) is 1.87. The average molecular weight is 282 g/mol. The Bertz CT molecular complexity index is 633. The normalized spacial score (nSPS) is 10.6. The fourth-order valence-electron chi connectivity index (χ4n) is 1.87. The second-order valence-corrected chi connectivity index (χ2v) is 4.67. The summed E-state index contributed by atoms with van der Waals surface area (Å²) in [6, 6.07) is 15.3. The van der Waals surface area contributed by atoms with Gasteiger partial charge in [0.25, 0.3) is 0 Å². The molecule has 0 saturated heterocycles. The van der Waals surface area contributed by atoms with Crippen molar-refractivity contribution < 1.29 is 9.53 Å². The van der Waals surface area contributed by atoms with Gasteiger partial charge in [-0.15, -0.1) is 0 Å². The zero-order valence-electron chi connectivity index (χ0n) is 12.2. The van der Waals surface area contributed by atoms with Crippen LogP contribution in [0, 0.1) is 6.92 Å². The molecule has 4 heteroatoms. The van der Waals surface area contributed by atoms with Crippen molar-refractivity contribution in [3.63, 3.8) is 0 Å². The third kappa shape index (κ3) is 4.45. The van der Waals surface area contributed by atoms with E-state index in [9.17, 15) is 4.79 Å². The van der Waals surface area contributed by atoms with Crippen LogP contribution in [0.1, 0.15) is 16.7 Å². The number of nitrogens with one attached hydrogen (secondary N) is 1. The van der Waals surface area contributed by atoms with Crippen LogP contribution in [0.4, 0.5) is 0 Å². The molecule has 1 amide bonds. The molecule has 0 heterocycles. The van der Waals surface area contributed by atoms with Crippen LogP contribution >= 0.6 is 0 Å². The Balaban J connectivity index is 1.88. The van der Waals surface area contributed by atoms with Crippen molar-refractivity contribution in [2.24, 2.45) is 5.10 Å². The quantitative estimate of drug-likeness (QED) is 0.677. The molecular weight excluding hydrogens is 264 g/mol. The van der Waals surface area contributed by atoms with E-state index in [0.717, 1.165) is 22.4 Å². The Labute approximate surface area is 124 Å². The van der Waals surface area contributed by atoms with E-state index < -0.39 is 0 Å². The minimum absolute atomic E-state index is 0.148. The first-order valence-corrected chi connectivity index (χ1v) is 6.69. The fraction of sp³-hybridized carbons (Fsp3) is 0.176. The number of ether oxygens (including phenoxy) is 1. The molecule has 0 saturated carbocycles. The second kappa shape index (κ2) is 7.24. The number of nitrogens with zero attached hydrogens (tertiary/aromatic N) is 1. The number of hydrazone groups is 1. The molecule has 0 unspecified atom stereocenters. The lowest BCUT2D eigenvalue weighted by Gasteiger charge is -2.03. The molecule has 108 valence electrons. The highest BCUT2D eigenvalue weighted by Gasteiger charge is 2.02. The molecule has 21 heavy (non-hydrogen) atoms. The lowest BCUT2D eigenvalue weighted by atomic mass is 10.1. The van der Waals surface area contributed by atoms with E-state index in [0.29, 0.717) is 0 Å². The molecule has 0 aliphatic heterocycles. The SMILES string of the molecule is COc1ccc(CC(=O)N/N=C\c2ccccc2C)cc1.